The molecule has 1 aliphatic rings. The number of pyridine rings is 1. The van der Waals surface area contributed by atoms with Crippen LogP contribution in [0.1, 0.15) is 70.8 Å². The van der Waals surface area contributed by atoms with Crippen LogP contribution in [0.3, 0.4) is 0 Å². The van der Waals surface area contributed by atoms with Crippen molar-refractivity contribution in [1.29, 1.82) is 0 Å². The van der Waals surface area contributed by atoms with Gasteiger partial charge in [0, 0.05) is 11.4 Å². The summed E-state index contributed by atoms with van der Waals surface area (Å²) in [5.41, 5.74) is 4.07. The highest BCUT2D eigenvalue weighted by Crippen LogP contribution is 2.22. The van der Waals surface area contributed by atoms with Gasteiger partial charge in [-0.05, 0) is 36.8 Å². The molecule has 0 saturated heterocycles. The molecule has 1 heteroatoms. The van der Waals surface area contributed by atoms with E-state index in [0.717, 1.165) is 0 Å². The predicted octanol–water partition coefficient (Wildman–Crippen LogP) is 4.75. The van der Waals surface area contributed by atoms with E-state index < -0.39 is 0 Å². The molecule has 1 aliphatic carbocycles. The van der Waals surface area contributed by atoms with Gasteiger partial charge in [0.1, 0.15) is 0 Å². The van der Waals surface area contributed by atoms with Crippen molar-refractivity contribution in [3.63, 3.8) is 0 Å². The average molecular weight is 221 g/mol. The molecule has 0 unspecified atom stereocenters. The number of aromatic nitrogens is 1. The van der Waals surface area contributed by atoms with Gasteiger partial charge >= 0.3 is 0 Å². The fourth-order valence-corrected chi connectivity index (χ4v) is 1.76. The minimum atomic E-state index is 0.566. The van der Waals surface area contributed by atoms with E-state index in [-0.39, 0.29) is 0 Å². The van der Waals surface area contributed by atoms with Crippen molar-refractivity contribution in [3.05, 3.63) is 29.1 Å². The highest BCUT2D eigenvalue weighted by Gasteiger charge is 2.12. The summed E-state index contributed by atoms with van der Waals surface area (Å²) in [7, 11) is 0. The fraction of sp³-hybridized carbons (Fsp3) is 0.667. The molecule has 0 fully saturated rings. The Morgan fingerprint density at radius 1 is 1.00 bits per heavy atom. The Morgan fingerprint density at radius 2 is 1.62 bits per heavy atom. The van der Waals surface area contributed by atoms with E-state index in [1.807, 2.05) is 27.7 Å². The summed E-state index contributed by atoms with van der Waals surface area (Å²) in [5.74, 6) is 0.566. The van der Waals surface area contributed by atoms with E-state index in [9.17, 15) is 0 Å². The van der Waals surface area contributed by atoms with Crippen LogP contribution in [0.15, 0.2) is 12.1 Å². The van der Waals surface area contributed by atoms with Gasteiger partial charge in [-0.2, -0.15) is 0 Å². The van der Waals surface area contributed by atoms with Crippen LogP contribution in [-0.2, 0) is 12.8 Å². The third-order valence-electron chi connectivity index (χ3n) is 2.54. The lowest BCUT2D eigenvalue weighted by Gasteiger charge is -2.06. The molecule has 0 spiro atoms. The molecule has 92 valence electrons. The summed E-state index contributed by atoms with van der Waals surface area (Å²) in [5, 5.41) is 0. The molecule has 0 saturated carbocycles. The van der Waals surface area contributed by atoms with Gasteiger partial charge in [0.25, 0.3) is 0 Å². The van der Waals surface area contributed by atoms with Gasteiger partial charge in [-0.3, -0.25) is 4.98 Å². The Hall–Kier alpha value is -0.850. The van der Waals surface area contributed by atoms with E-state index >= 15 is 0 Å². The third kappa shape index (κ3) is 3.96. The zero-order valence-corrected chi connectivity index (χ0v) is 11.8. The molecular weight excluding hydrogens is 194 g/mol. The normalized spacial score (nSPS) is 12.2. The molecule has 2 rings (SSSR count). The van der Waals surface area contributed by atoms with Crippen molar-refractivity contribution in [2.45, 2.75) is 66.7 Å². The molecular formula is C15H27N. The van der Waals surface area contributed by atoms with Gasteiger partial charge in [-0.1, -0.05) is 47.6 Å². The van der Waals surface area contributed by atoms with E-state index in [4.69, 9.17) is 0 Å². The topological polar surface area (TPSA) is 12.9 Å². The molecule has 1 heterocycles. The molecule has 0 aliphatic heterocycles. The lowest BCUT2D eigenvalue weighted by Crippen LogP contribution is -1.96. The zero-order valence-electron chi connectivity index (χ0n) is 11.8. The third-order valence-corrected chi connectivity index (χ3v) is 2.54. The van der Waals surface area contributed by atoms with Gasteiger partial charge in [0.15, 0.2) is 0 Å². The lowest BCUT2D eigenvalue weighted by molar-refractivity contribution is 0.806. The molecule has 1 nitrogen and oxygen atoms in total. The lowest BCUT2D eigenvalue weighted by atomic mass is 10.1. The first-order chi connectivity index (χ1) is 7.77. The largest absolute Gasteiger partial charge is 0.257 e. The maximum absolute atomic E-state index is 4.65. The van der Waals surface area contributed by atoms with Crippen LogP contribution in [0, 0.1) is 0 Å². The summed E-state index contributed by atoms with van der Waals surface area (Å²) in [6, 6.07) is 4.43. The first-order valence-corrected chi connectivity index (χ1v) is 6.76. The molecule has 1 aromatic rings. The number of hydrogen-bond acceptors (Lipinski definition) is 1. The molecule has 0 radical (unpaired) electrons. The summed E-state index contributed by atoms with van der Waals surface area (Å²) in [6.45, 7) is 12.4. The zero-order chi connectivity index (χ0) is 12.6. The Kier molecular flexibility index (Phi) is 7.88. The van der Waals surface area contributed by atoms with E-state index in [2.05, 4.69) is 31.0 Å². The van der Waals surface area contributed by atoms with Crippen molar-refractivity contribution in [1.82, 2.24) is 4.98 Å². The van der Waals surface area contributed by atoms with E-state index in [0.29, 0.717) is 5.92 Å². The van der Waals surface area contributed by atoms with Crippen LogP contribution in [0.5, 0.6) is 0 Å². The molecule has 1 aromatic heterocycles. The maximum atomic E-state index is 4.65. The summed E-state index contributed by atoms with van der Waals surface area (Å²) < 4.78 is 0. The van der Waals surface area contributed by atoms with Crippen molar-refractivity contribution in [2.24, 2.45) is 0 Å². The standard InChI is InChI=1S/C11H15N.2C2H6/c1-8(2)10-7-6-9-4-3-5-11(9)12-10;2*1-2/h6-8H,3-5H2,1-2H3;2*1-2H3. The second-order valence-corrected chi connectivity index (χ2v) is 3.85. The van der Waals surface area contributed by atoms with Crippen molar-refractivity contribution in [2.75, 3.05) is 0 Å². The highest BCUT2D eigenvalue weighted by atomic mass is 14.7. The fourth-order valence-electron chi connectivity index (χ4n) is 1.76. The first kappa shape index (κ1) is 15.2. The highest BCUT2D eigenvalue weighted by molar-refractivity contribution is 5.27. The van der Waals surface area contributed by atoms with E-state index in [1.165, 1.54) is 36.2 Å². The Morgan fingerprint density at radius 3 is 2.19 bits per heavy atom. The summed E-state index contributed by atoms with van der Waals surface area (Å²) in [6.07, 6.45) is 3.72. The quantitative estimate of drug-likeness (QED) is 0.667. The number of aryl methyl sites for hydroxylation is 2. The summed E-state index contributed by atoms with van der Waals surface area (Å²) in [4.78, 5) is 4.65. The number of rotatable bonds is 1. The van der Waals surface area contributed by atoms with Gasteiger partial charge in [0.05, 0.1) is 0 Å². The second kappa shape index (κ2) is 8.32. The molecule has 0 N–H and O–H groups in total. The van der Waals surface area contributed by atoms with E-state index in [1.54, 1.807) is 0 Å². The van der Waals surface area contributed by atoms with Crippen molar-refractivity contribution < 1.29 is 0 Å². The summed E-state index contributed by atoms with van der Waals surface area (Å²) >= 11 is 0. The van der Waals surface area contributed by atoms with Crippen LogP contribution in [0.25, 0.3) is 0 Å². The SMILES string of the molecule is CC.CC.CC(C)c1ccc2c(n1)CCC2. The number of fused-ring (bicyclic) bond motifs is 1. The molecule has 0 bridgehead atoms. The van der Waals surface area contributed by atoms with Crippen LogP contribution < -0.4 is 0 Å². The first-order valence-electron chi connectivity index (χ1n) is 6.76. The molecule has 0 atom stereocenters. The maximum Gasteiger partial charge on any atom is 0.0439 e. The van der Waals surface area contributed by atoms with Gasteiger partial charge in [-0.15, -0.1) is 0 Å². The monoisotopic (exact) mass is 221 g/mol. The van der Waals surface area contributed by atoms with Crippen molar-refractivity contribution in [3.8, 4) is 0 Å². The van der Waals surface area contributed by atoms with Gasteiger partial charge in [-0.25, -0.2) is 0 Å². The Balaban J connectivity index is 0.000000509. The Bertz CT molecular complexity index is 289. The van der Waals surface area contributed by atoms with Crippen LogP contribution >= 0.6 is 0 Å². The van der Waals surface area contributed by atoms with Crippen LogP contribution in [0.4, 0.5) is 0 Å². The van der Waals surface area contributed by atoms with Crippen LogP contribution in [-0.4, -0.2) is 4.98 Å². The van der Waals surface area contributed by atoms with Gasteiger partial charge < -0.3 is 0 Å². The molecule has 0 aromatic carbocycles. The Labute approximate surface area is 101 Å². The number of hydrogen-bond donors (Lipinski definition) is 0. The average Bonchev–Trinajstić information content (AvgIpc) is 2.81. The predicted molar refractivity (Wildman–Crippen MR) is 73.0 cm³/mol. The van der Waals surface area contributed by atoms with Crippen LogP contribution in [0.2, 0.25) is 0 Å². The smallest absolute Gasteiger partial charge is 0.0439 e. The van der Waals surface area contributed by atoms with Crippen molar-refractivity contribution >= 4 is 0 Å². The van der Waals surface area contributed by atoms with Gasteiger partial charge in [0.2, 0.25) is 0 Å². The minimum absolute atomic E-state index is 0.566. The molecule has 16 heavy (non-hydrogen) atoms. The molecule has 0 amide bonds. The number of nitrogens with zero attached hydrogens (tertiary/aromatic N) is 1. The second-order valence-electron chi connectivity index (χ2n) is 3.85. The minimum Gasteiger partial charge on any atom is -0.257 e.